The van der Waals surface area contributed by atoms with Crippen molar-refractivity contribution < 1.29 is 5.11 Å². The Bertz CT molecular complexity index is 402. The van der Waals surface area contributed by atoms with Crippen molar-refractivity contribution in [1.82, 2.24) is 0 Å². The van der Waals surface area contributed by atoms with E-state index < -0.39 is 6.10 Å². The Labute approximate surface area is 112 Å². The largest absolute Gasteiger partial charge is 0.388 e. The maximum Gasteiger partial charge on any atom is 0.0873 e. The molecule has 0 aromatic heterocycles. The van der Waals surface area contributed by atoms with E-state index in [1.54, 1.807) is 6.07 Å². The Morgan fingerprint density at radius 1 is 1.29 bits per heavy atom. The number of nitrogens with two attached hydrogens (primary N) is 1. The number of hydrogen-bond donors (Lipinski definition) is 2. The monoisotopic (exact) mass is 273 g/mol. The second kappa shape index (κ2) is 5.15. The average Bonchev–Trinajstić information content (AvgIpc) is 2.82. The standard InChI is InChI=1S/C13H17Cl2NO/c14-10-5-3-4-9(11(10)15)12(17)13(8-16)6-1-2-7-13/h3-5,12,17H,1-2,6-8,16H2. The summed E-state index contributed by atoms with van der Waals surface area (Å²) in [5.41, 5.74) is 6.33. The summed E-state index contributed by atoms with van der Waals surface area (Å²) in [6.45, 7) is 0.483. The second-order valence-corrected chi connectivity index (χ2v) is 5.60. The molecule has 0 heterocycles. The molecular formula is C13H17Cl2NO. The summed E-state index contributed by atoms with van der Waals surface area (Å²) in [6.07, 6.45) is 3.51. The summed E-state index contributed by atoms with van der Waals surface area (Å²) in [4.78, 5) is 0. The minimum absolute atomic E-state index is 0.228. The first-order valence-corrected chi connectivity index (χ1v) is 6.68. The molecule has 1 aromatic carbocycles. The van der Waals surface area contributed by atoms with Crippen LogP contribution < -0.4 is 5.73 Å². The van der Waals surface area contributed by atoms with Gasteiger partial charge in [-0.1, -0.05) is 48.2 Å². The van der Waals surface area contributed by atoms with Crippen LogP contribution in [0.15, 0.2) is 18.2 Å². The molecule has 1 saturated carbocycles. The minimum atomic E-state index is -0.624. The van der Waals surface area contributed by atoms with Crippen molar-refractivity contribution in [3.8, 4) is 0 Å². The third-order valence-corrected chi connectivity index (χ3v) is 4.70. The quantitative estimate of drug-likeness (QED) is 0.885. The van der Waals surface area contributed by atoms with Gasteiger partial charge in [0.1, 0.15) is 0 Å². The van der Waals surface area contributed by atoms with E-state index in [1.165, 1.54) is 0 Å². The Hall–Kier alpha value is -0.280. The summed E-state index contributed by atoms with van der Waals surface area (Å²) >= 11 is 12.1. The molecule has 0 aliphatic heterocycles. The maximum atomic E-state index is 10.6. The van der Waals surface area contributed by atoms with E-state index in [9.17, 15) is 5.11 Å². The Balaban J connectivity index is 2.35. The van der Waals surface area contributed by atoms with Gasteiger partial charge in [-0.25, -0.2) is 0 Å². The summed E-state index contributed by atoms with van der Waals surface area (Å²) in [5.74, 6) is 0. The molecule has 0 spiro atoms. The van der Waals surface area contributed by atoms with Crippen molar-refractivity contribution >= 4 is 23.2 Å². The molecule has 94 valence electrons. The van der Waals surface area contributed by atoms with E-state index >= 15 is 0 Å². The molecule has 1 unspecified atom stereocenters. The summed E-state index contributed by atoms with van der Waals surface area (Å²) in [6, 6.07) is 5.37. The zero-order valence-electron chi connectivity index (χ0n) is 9.63. The van der Waals surface area contributed by atoms with Gasteiger partial charge in [-0.15, -0.1) is 0 Å². The molecule has 4 heteroatoms. The van der Waals surface area contributed by atoms with Crippen LogP contribution in [0.25, 0.3) is 0 Å². The normalized spacial score (nSPS) is 20.5. The van der Waals surface area contributed by atoms with Crippen LogP contribution in [0.5, 0.6) is 0 Å². The van der Waals surface area contributed by atoms with Crippen LogP contribution in [0, 0.1) is 5.41 Å². The van der Waals surface area contributed by atoms with E-state index in [2.05, 4.69) is 0 Å². The number of benzene rings is 1. The number of halogens is 2. The lowest BCUT2D eigenvalue weighted by Crippen LogP contribution is -2.34. The molecule has 3 N–H and O–H groups in total. The average molecular weight is 274 g/mol. The molecule has 0 amide bonds. The first-order valence-electron chi connectivity index (χ1n) is 5.93. The van der Waals surface area contributed by atoms with Gasteiger partial charge in [0.05, 0.1) is 16.1 Å². The molecule has 1 aromatic rings. The van der Waals surface area contributed by atoms with E-state index in [4.69, 9.17) is 28.9 Å². The molecule has 0 bridgehead atoms. The van der Waals surface area contributed by atoms with Crippen LogP contribution in [0.1, 0.15) is 37.4 Å². The molecule has 0 saturated heterocycles. The van der Waals surface area contributed by atoms with Crippen molar-refractivity contribution in [3.05, 3.63) is 33.8 Å². The minimum Gasteiger partial charge on any atom is -0.388 e. The lowest BCUT2D eigenvalue weighted by Gasteiger charge is -2.33. The summed E-state index contributed by atoms with van der Waals surface area (Å²) in [7, 11) is 0. The van der Waals surface area contributed by atoms with Gasteiger partial charge in [0.15, 0.2) is 0 Å². The third-order valence-electron chi connectivity index (χ3n) is 3.86. The number of rotatable bonds is 3. The molecule has 1 fully saturated rings. The molecule has 17 heavy (non-hydrogen) atoms. The molecular weight excluding hydrogens is 257 g/mol. The maximum absolute atomic E-state index is 10.6. The summed E-state index contributed by atoms with van der Waals surface area (Å²) in [5, 5.41) is 11.5. The van der Waals surface area contributed by atoms with Crippen molar-refractivity contribution in [2.24, 2.45) is 11.1 Å². The van der Waals surface area contributed by atoms with Crippen LogP contribution >= 0.6 is 23.2 Å². The van der Waals surface area contributed by atoms with Crippen LogP contribution in [0.2, 0.25) is 10.0 Å². The molecule has 1 aliphatic rings. The Morgan fingerprint density at radius 3 is 2.53 bits per heavy atom. The third kappa shape index (κ3) is 2.32. The molecule has 2 rings (SSSR count). The van der Waals surface area contributed by atoms with Crippen LogP contribution in [-0.4, -0.2) is 11.7 Å². The summed E-state index contributed by atoms with van der Waals surface area (Å²) < 4.78 is 0. The lowest BCUT2D eigenvalue weighted by molar-refractivity contribution is 0.0334. The van der Waals surface area contributed by atoms with Gasteiger partial charge in [0.2, 0.25) is 0 Å². The van der Waals surface area contributed by atoms with Gasteiger partial charge in [0, 0.05) is 17.5 Å². The van der Waals surface area contributed by atoms with Gasteiger partial charge < -0.3 is 10.8 Å². The van der Waals surface area contributed by atoms with Crippen LogP contribution in [0.4, 0.5) is 0 Å². The highest BCUT2D eigenvalue weighted by atomic mass is 35.5. The highest BCUT2D eigenvalue weighted by Gasteiger charge is 2.40. The van der Waals surface area contributed by atoms with Crippen LogP contribution in [0.3, 0.4) is 0 Å². The highest BCUT2D eigenvalue weighted by Crippen LogP contribution is 2.48. The predicted molar refractivity (Wildman–Crippen MR) is 71.4 cm³/mol. The number of aliphatic hydroxyl groups excluding tert-OH is 1. The SMILES string of the molecule is NCC1(C(O)c2cccc(Cl)c2Cl)CCCC1. The van der Waals surface area contributed by atoms with Crippen molar-refractivity contribution in [2.75, 3.05) is 6.54 Å². The molecule has 2 nitrogen and oxygen atoms in total. The fraction of sp³-hybridized carbons (Fsp3) is 0.538. The molecule has 1 atom stereocenters. The number of aliphatic hydroxyl groups is 1. The zero-order chi connectivity index (χ0) is 12.5. The van der Waals surface area contributed by atoms with Gasteiger partial charge >= 0.3 is 0 Å². The van der Waals surface area contributed by atoms with Gasteiger partial charge in [-0.2, -0.15) is 0 Å². The van der Waals surface area contributed by atoms with Gasteiger partial charge in [0.25, 0.3) is 0 Å². The molecule has 0 radical (unpaired) electrons. The van der Waals surface area contributed by atoms with Crippen molar-refractivity contribution in [2.45, 2.75) is 31.8 Å². The van der Waals surface area contributed by atoms with Crippen LogP contribution in [-0.2, 0) is 0 Å². The molecule has 1 aliphatic carbocycles. The highest BCUT2D eigenvalue weighted by molar-refractivity contribution is 6.42. The Kier molecular flexibility index (Phi) is 3.99. The van der Waals surface area contributed by atoms with E-state index in [0.29, 0.717) is 22.2 Å². The topological polar surface area (TPSA) is 46.2 Å². The van der Waals surface area contributed by atoms with Gasteiger partial charge in [-0.05, 0) is 18.9 Å². The lowest BCUT2D eigenvalue weighted by atomic mass is 9.77. The Morgan fingerprint density at radius 2 is 1.94 bits per heavy atom. The second-order valence-electron chi connectivity index (χ2n) is 4.82. The zero-order valence-corrected chi connectivity index (χ0v) is 11.1. The van der Waals surface area contributed by atoms with Gasteiger partial charge in [-0.3, -0.25) is 0 Å². The van der Waals surface area contributed by atoms with E-state index in [-0.39, 0.29) is 5.41 Å². The fourth-order valence-corrected chi connectivity index (χ4v) is 3.14. The first kappa shape index (κ1) is 13.2. The predicted octanol–water partition coefficient (Wildman–Crippen LogP) is 3.55. The smallest absolute Gasteiger partial charge is 0.0873 e. The fourth-order valence-electron chi connectivity index (χ4n) is 2.73. The number of hydrogen-bond acceptors (Lipinski definition) is 2. The van der Waals surface area contributed by atoms with Crippen molar-refractivity contribution in [3.63, 3.8) is 0 Å². The first-order chi connectivity index (χ1) is 8.10. The van der Waals surface area contributed by atoms with Crippen molar-refractivity contribution in [1.29, 1.82) is 0 Å². The van der Waals surface area contributed by atoms with E-state index in [1.807, 2.05) is 12.1 Å². The van der Waals surface area contributed by atoms with E-state index in [0.717, 1.165) is 25.7 Å².